The van der Waals surface area contributed by atoms with E-state index in [9.17, 15) is 0 Å². The Morgan fingerprint density at radius 2 is 2.20 bits per heavy atom. The summed E-state index contributed by atoms with van der Waals surface area (Å²) >= 11 is 0. The Morgan fingerprint density at radius 1 is 1.40 bits per heavy atom. The lowest BCUT2D eigenvalue weighted by atomic mass is 9.98. The van der Waals surface area contributed by atoms with Crippen LogP contribution in [0.2, 0.25) is 0 Å². The molecule has 0 radical (unpaired) electrons. The molecule has 1 saturated carbocycles. The third-order valence-corrected chi connectivity index (χ3v) is 4.11. The molecule has 2 aliphatic rings. The van der Waals surface area contributed by atoms with Gasteiger partial charge in [-0.2, -0.15) is 0 Å². The molecule has 2 rings (SSSR count). The maximum Gasteiger partial charge on any atom is 0.0277 e. The van der Waals surface area contributed by atoms with Gasteiger partial charge in [-0.15, -0.1) is 0 Å². The number of hydrogen-bond acceptors (Lipinski definition) is 2. The third-order valence-electron chi connectivity index (χ3n) is 4.11. The van der Waals surface area contributed by atoms with Crippen molar-refractivity contribution in [3.05, 3.63) is 0 Å². The second-order valence-electron chi connectivity index (χ2n) is 5.70. The molecule has 1 atom stereocenters. The monoisotopic (exact) mass is 210 g/mol. The first kappa shape index (κ1) is 11.4. The summed E-state index contributed by atoms with van der Waals surface area (Å²) in [5, 5.41) is 3.70. The quantitative estimate of drug-likeness (QED) is 0.765. The highest BCUT2D eigenvalue weighted by Gasteiger charge is 2.28. The molecular formula is C13H26N2. The predicted octanol–water partition coefficient (Wildman–Crippen LogP) is 2.25. The normalized spacial score (nSPS) is 34.0. The molecule has 1 unspecified atom stereocenters. The van der Waals surface area contributed by atoms with Crippen molar-refractivity contribution >= 4 is 0 Å². The predicted molar refractivity (Wildman–Crippen MR) is 65.1 cm³/mol. The zero-order valence-electron chi connectivity index (χ0n) is 10.4. The summed E-state index contributed by atoms with van der Waals surface area (Å²) < 4.78 is 0. The SMILES string of the molecule is CCC1(C)CN(CCC2CC2)CCCN1. The van der Waals surface area contributed by atoms with Gasteiger partial charge in [0.05, 0.1) is 0 Å². The minimum atomic E-state index is 0.361. The van der Waals surface area contributed by atoms with Gasteiger partial charge in [-0.1, -0.05) is 19.8 Å². The van der Waals surface area contributed by atoms with E-state index >= 15 is 0 Å². The lowest BCUT2D eigenvalue weighted by Gasteiger charge is -2.32. The van der Waals surface area contributed by atoms with Crippen LogP contribution in [0.25, 0.3) is 0 Å². The van der Waals surface area contributed by atoms with Crippen LogP contribution in [0.5, 0.6) is 0 Å². The first-order valence-electron chi connectivity index (χ1n) is 6.69. The Hall–Kier alpha value is -0.0800. The molecule has 0 aromatic heterocycles. The molecule has 88 valence electrons. The van der Waals surface area contributed by atoms with Crippen LogP contribution in [-0.4, -0.2) is 36.6 Å². The molecule has 1 aliphatic heterocycles. The maximum atomic E-state index is 3.70. The minimum absolute atomic E-state index is 0.361. The highest BCUT2D eigenvalue weighted by atomic mass is 15.2. The highest BCUT2D eigenvalue weighted by molar-refractivity contribution is 4.88. The molecule has 1 aliphatic carbocycles. The van der Waals surface area contributed by atoms with Crippen LogP contribution in [0.15, 0.2) is 0 Å². The number of nitrogens with one attached hydrogen (secondary N) is 1. The lowest BCUT2D eigenvalue weighted by Crippen LogP contribution is -2.48. The van der Waals surface area contributed by atoms with E-state index in [4.69, 9.17) is 0 Å². The molecule has 0 aromatic carbocycles. The van der Waals surface area contributed by atoms with E-state index in [1.54, 1.807) is 0 Å². The summed E-state index contributed by atoms with van der Waals surface area (Å²) in [4.78, 5) is 2.68. The summed E-state index contributed by atoms with van der Waals surface area (Å²) in [6, 6.07) is 0. The fourth-order valence-electron chi connectivity index (χ4n) is 2.52. The van der Waals surface area contributed by atoms with Gasteiger partial charge in [-0.25, -0.2) is 0 Å². The largest absolute Gasteiger partial charge is 0.310 e. The number of rotatable bonds is 4. The Morgan fingerprint density at radius 3 is 2.87 bits per heavy atom. The second-order valence-corrected chi connectivity index (χ2v) is 5.70. The Kier molecular flexibility index (Phi) is 3.68. The van der Waals surface area contributed by atoms with Crippen molar-refractivity contribution in [2.75, 3.05) is 26.2 Å². The fraction of sp³-hybridized carbons (Fsp3) is 1.00. The van der Waals surface area contributed by atoms with Gasteiger partial charge < -0.3 is 10.2 Å². The van der Waals surface area contributed by atoms with Crippen LogP contribution in [0.3, 0.4) is 0 Å². The van der Waals surface area contributed by atoms with Crippen LogP contribution in [0, 0.1) is 5.92 Å². The third kappa shape index (κ3) is 3.46. The topological polar surface area (TPSA) is 15.3 Å². The van der Waals surface area contributed by atoms with Crippen molar-refractivity contribution in [3.8, 4) is 0 Å². The van der Waals surface area contributed by atoms with Crippen molar-refractivity contribution < 1.29 is 0 Å². The standard InChI is InChI=1S/C13H26N2/c1-3-13(2)11-15(9-4-8-14-13)10-7-12-5-6-12/h12,14H,3-11H2,1-2H3. The molecule has 0 aromatic rings. The fourth-order valence-corrected chi connectivity index (χ4v) is 2.52. The number of nitrogens with zero attached hydrogens (tertiary/aromatic N) is 1. The van der Waals surface area contributed by atoms with Gasteiger partial charge in [0.15, 0.2) is 0 Å². The van der Waals surface area contributed by atoms with Crippen LogP contribution in [0.4, 0.5) is 0 Å². The van der Waals surface area contributed by atoms with Gasteiger partial charge in [0.1, 0.15) is 0 Å². The van der Waals surface area contributed by atoms with Gasteiger partial charge in [0.25, 0.3) is 0 Å². The van der Waals surface area contributed by atoms with Crippen molar-refractivity contribution in [2.45, 2.75) is 51.5 Å². The molecule has 0 bridgehead atoms. The van der Waals surface area contributed by atoms with Crippen LogP contribution >= 0.6 is 0 Å². The Labute approximate surface area is 94.4 Å². The first-order valence-corrected chi connectivity index (χ1v) is 6.69. The summed E-state index contributed by atoms with van der Waals surface area (Å²) in [5.74, 6) is 1.08. The van der Waals surface area contributed by atoms with E-state index in [0.29, 0.717) is 5.54 Å². The van der Waals surface area contributed by atoms with Crippen LogP contribution < -0.4 is 5.32 Å². The van der Waals surface area contributed by atoms with E-state index in [2.05, 4.69) is 24.1 Å². The van der Waals surface area contributed by atoms with Gasteiger partial charge in [-0.3, -0.25) is 0 Å². The molecule has 2 nitrogen and oxygen atoms in total. The summed E-state index contributed by atoms with van der Waals surface area (Å²) in [6.07, 6.45) is 7.00. The van der Waals surface area contributed by atoms with Crippen molar-refractivity contribution in [1.29, 1.82) is 0 Å². The molecule has 2 heteroatoms. The summed E-state index contributed by atoms with van der Waals surface area (Å²) in [5.41, 5.74) is 0.361. The average molecular weight is 210 g/mol. The maximum absolute atomic E-state index is 3.70. The van der Waals surface area contributed by atoms with Crippen molar-refractivity contribution in [1.82, 2.24) is 10.2 Å². The average Bonchev–Trinajstić information content (AvgIpc) is 3.03. The minimum Gasteiger partial charge on any atom is -0.310 e. The van der Waals surface area contributed by atoms with Crippen molar-refractivity contribution in [3.63, 3.8) is 0 Å². The van der Waals surface area contributed by atoms with Gasteiger partial charge in [0.2, 0.25) is 0 Å². The zero-order valence-corrected chi connectivity index (χ0v) is 10.4. The second kappa shape index (κ2) is 4.84. The Bertz CT molecular complexity index is 201. The van der Waals surface area contributed by atoms with E-state index in [-0.39, 0.29) is 0 Å². The van der Waals surface area contributed by atoms with E-state index in [0.717, 1.165) is 5.92 Å². The Balaban J connectivity index is 1.80. The molecule has 1 saturated heterocycles. The molecule has 2 fully saturated rings. The smallest absolute Gasteiger partial charge is 0.0277 e. The molecule has 1 heterocycles. The summed E-state index contributed by atoms with van der Waals surface area (Å²) in [6.45, 7) is 9.76. The zero-order chi connectivity index (χ0) is 10.7. The molecule has 0 amide bonds. The van der Waals surface area contributed by atoms with E-state index < -0.39 is 0 Å². The highest BCUT2D eigenvalue weighted by Crippen LogP contribution is 2.32. The van der Waals surface area contributed by atoms with Crippen molar-refractivity contribution in [2.24, 2.45) is 5.92 Å². The molecular weight excluding hydrogens is 184 g/mol. The van der Waals surface area contributed by atoms with Gasteiger partial charge in [-0.05, 0) is 51.7 Å². The lowest BCUT2D eigenvalue weighted by molar-refractivity contribution is 0.210. The van der Waals surface area contributed by atoms with Gasteiger partial charge in [0, 0.05) is 12.1 Å². The van der Waals surface area contributed by atoms with E-state index in [1.807, 2.05) is 0 Å². The first-order chi connectivity index (χ1) is 7.22. The molecule has 0 spiro atoms. The molecule has 1 N–H and O–H groups in total. The summed E-state index contributed by atoms with van der Waals surface area (Å²) in [7, 11) is 0. The van der Waals surface area contributed by atoms with E-state index in [1.165, 1.54) is 58.3 Å². The number of hydrogen-bond donors (Lipinski definition) is 1. The van der Waals surface area contributed by atoms with Gasteiger partial charge >= 0.3 is 0 Å². The van der Waals surface area contributed by atoms with Crippen LogP contribution in [-0.2, 0) is 0 Å². The van der Waals surface area contributed by atoms with Crippen LogP contribution in [0.1, 0.15) is 46.0 Å². The molecule has 15 heavy (non-hydrogen) atoms.